The number of hydrogen-bond acceptors (Lipinski definition) is 4. The number of benzene rings is 1. The third-order valence-corrected chi connectivity index (χ3v) is 4.85. The van der Waals surface area contributed by atoms with Crippen LogP contribution in [0.1, 0.15) is 33.3 Å². The van der Waals surface area contributed by atoms with Crippen LogP contribution >= 0.6 is 0 Å². The maximum Gasteiger partial charge on any atom is 0.241 e. The predicted octanol–water partition coefficient (Wildman–Crippen LogP) is 1.39. The van der Waals surface area contributed by atoms with E-state index < -0.39 is 21.2 Å². The van der Waals surface area contributed by atoms with Crippen molar-refractivity contribution in [3.8, 4) is 6.07 Å². The Morgan fingerprint density at radius 3 is 2.32 bits per heavy atom. The van der Waals surface area contributed by atoms with Crippen molar-refractivity contribution in [2.45, 2.75) is 43.7 Å². The van der Waals surface area contributed by atoms with Crippen molar-refractivity contribution in [3.05, 3.63) is 29.8 Å². The van der Waals surface area contributed by atoms with Gasteiger partial charge in [0.05, 0.1) is 27.7 Å². The zero-order chi connectivity index (χ0) is 14.9. The first kappa shape index (κ1) is 15.6. The quantitative estimate of drug-likeness (QED) is 0.873. The van der Waals surface area contributed by atoms with Crippen molar-refractivity contribution in [2.24, 2.45) is 0 Å². The Labute approximate surface area is 113 Å². The average Bonchev–Trinajstić information content (AvgIpc) is 2.26. The van der Waals surface area contributed by atoms with E-state index >= 15 is 0 Å². The van der Waals surface area contributed by atoms with Crippen LogP contribution in [0.3, 0.4) is 0 Å². The summed E-state index contributed by atoms with van der Waals surface area (Å²) >= 11 is 0. The molecule has 0 saturated carbocycles. The van der Waals surface area contributed by atoms with Gasteiger partial charge >= 0.3 is 0 Å². The van der Waals surface area contributed by atoms with Gasteiger partial charge in [-0.05, 0) is 45.9 Å². The van der Waals surface area contributed by atoms with Crippen molar-refractivity contribution in [1.29, 1.82) is 5.26 Å². The first-order valence-electron chi connectivity index (χ1n) is 5.76. The zero-order valence-electron chi connectivity index (χ0n) is 11.4. The molecule has 0 aromatic heterocycles. The standard InChI is InChI=1S/C13H18N2O3S/c1-12(2,13(3,4)16)15-19(17,18)11-7-5-6-10(8-11)9-14/h5-8,15-16H,1-4H3. The lowest BCUT2D eigenvalue weighted by molar-refractivity contribution is 0.00639. The summed E-state index contributed by atoms with van der Waals surface area (Å²) in [5, 5.41) is 18.8. The number of sulfonamides is 1. The summed E-state index contributed by atoms with van der Waals surface area (Å²) in [4.78, 5) is 0.00359. The number of aliphatic hydroxyl groups is 1. The van der Waals surface area contributed by atoms with E-state index in [1.807, 2.05) is 6.07 Å². The molecule has 1 rings (SSSR count). The van der Waals surface area contributed by atoms with Crippen molar-refractivity contribution in [2.75, 3.05) is 0 Å². The second-order valence-corrected chi connectivity index (χ2v) is 7.11. The molecule has 0 atom stereocenters. The topological polar surface area (TPSA) is 90.2 Å². The van der Waals surface area contributed by atoms with E-state index in [-0.39, 0.29) is 10.5 Å². The van der Waals surface area contributed by atoms with Crippen LogP contribution in [-0.4, -0.2) is 24.7 Å². The van der Waals surface area contributed by atoms with E-state index in [2.05, 4.69) is 4.72 Å². The molecule has 1 aromatic rings. The summed E-state index contributed by atoms with van der Waals surface area (Å²) < 4.78 is 26.9. The molecule has 0 heterocycles. The number of nitrogens with zero attached hydrogens (tertiary/aromatic N) is 1. The molecule has 0 aliphatic heterocycles. The fraction of sp³-hybridized carbons (Fsp3) is 0.462. The molecule has 0 aliphatic carbocycles. The lowest BCUT2D eigenvalue weighted by atomic mass is 9.87. The summed E-state index contributed by atoms with van der Waals surface area (Å²) in [6.45, 7) is 6.25. The summed E-state index contributed by atoms with van der Waals surface area (Å²) in [6, 6.07) is 7.62. The number of hydrogen-bond donors (Lipinski definition) is 2. The van der Waals surface area contributed by atoms with Crippen molar-refractivity contribution in [3.63, 3.8) is 0 Å². The first-order valence-corrected chi connectivity index (χ1v) is 7.24. The molecule has 0 aliphatic rings. The monoisotopic (exact) mass is 282 g/mol. The highest BCUT2D eigenvalue weighted by Gasteiger charge is 2.38. The Bertz CT molecular complexity index is 608. The average molecular weight is 282 g/mol. The van der Waals surface area contributed by atoms with Crippen LogP contribution in [0.2, 0.25) is 0 Å². The Morgan fingerprint density at radius 2 is 1.84 bits per heavy atom. The van der Waals surface area contributed by atoms with Gasteiger partial charge in [0.25, 0.3) is 0 Å². The molecule has 1 aromatic carbocycles. The van der Waals surface area contributed by atoms with Gasteiger partial charge in [-0.15, -0.1) is 0 Å². The Hall–Kier alpha value is -1.42. The van der Waals surface area contributed by atoms with Crippen LogP contribution in [0.4, 0.5) is 0 Å². The largest absolute Gasteiger partial charge is 0.389 e. The van der Waals surface area contributed by atoms with Crippen molar-refractivity contribution in [1.82, 2.24) is 4.72 Å². The van der Waals surface area contributed by atoms with Crippen molar-refractivity contribution < 1.29 is 13.5 Å². The van der Waals surface area contributed by atoms with E-state index in [4.69, 9.17) is 5.26 Å². The minimum Gasteiger partial charge on any atom is -0.389 e. The summed E-state index contributed by atoms with van der Waals surface area (Å²) in [6.07, 6.45) is 0. The lowest BCUT2D eigenvalue weighted by Gasteiger charge is -2.37. The van der Waals surface area contributed by atoms with Crippen LogP contribution in [-0.2, 0) is 10.0 Å². The molecule has 0 bridgehead atoms. The maximum atomic E-state index is 12.2. The van der Waals surface area contributed by atoms with E-state index in [9.17, 15) is 13.5 Å². The summed E-state index contributed by atoms with van der Waals surface area (Å²) in [5.41, 5.74) is -2.01. The van der Waals surface area contributed by atoms with Crippen LogP contribution in [0, 0.1) is 11.3 Å². The molecule has 2 N–H and O–H groups in total. The van der Waals surface area contributed by atoms with Crippen LogP contribution in [0.15, 0.2) is 29.2 Å². The van der Waals surface area contributed by atoms with E-state index in [0.717, 1.165) is 0 Å². The van der Waals surface area contributed by atoms with E-state index in [1.165, 1.54) is 38.1 Å². The van der Waals surface area contributed by atoms with Gasteiger partial charge in [-0.2, -0.15) is 5.26 Å². The molecule has 6 heteroatoms. The molecule has 5 nitrogen and oxygen atoms in total. The van der Waals surface area contributed by atoms with Gasteiger partial charge in [-0.25, -0.2) is 13.1 Å². The fourth-order valence-electron chi connectivity index (χ4n) is 1.25. The van der Waals surface area contributed by atoms with Gasteiger partial charge in [0.15, 0.2) is 0 Å². The molecular formula is C13H18N2O3S. The number of rotatable bonds is 4. The van der Waals surface area contributed by atoms with E-state index in [0.29, 0.717) is 0 Å². The fourth-order valence-corrected chi connectivity index (χ4v) is 2.83. The van der Waals surface area contributed by atoms with Gasteiger partial charge in [0.2, 0.25) is 10.0 Å². The third kappa shape index (κ3) is 3.53. The number of nitrogens with one attached hydrogen (secondary N) is 1. The molecule has 0 saturated heterocycles. The highest BCUT2D eigenvalue weighted by molar-refractivity contribution is 7.89. The zero-order valence-corrected chi connectivity index (χ0v) is 12.2. The van der Waals surface area contributed by atoms with Crippen molar-refractivity contribution >= 4 is 10.0 Å². The highest BCUT2D eigenvalue weighted by Crippen LogP contribution is 2.23. The lowest BCUT2D eigenvalue weighted by Crippen LogP contribution is -2.57. The van der Waals surface area contributed by atoms with Gasteiger partial charge in [-0.1, -0.05) is 6.07 Å². The van der Waals surface area contributed by atoms with E-state index in [1.54, 1.807) is 13.8 Å². The Kier molecular flexibility index (Phi) is 4.06. The van der Waals surface area contributed by atoms with Crippen LogP contribution < -0.4 is 4.72 Å². The minimum absolute atomic E-state index is 0.00359. The SMILES string of the molecule is CC(C)(O)C(C)(C)NS(=O)(=O)c1cccc(C#N)c1. The molecule has 104 valence electrons. The van der Waals surface area contributed by atoms with Gasteiger partial charge < -0.3 is 5.11 Å². The Balaban J connectivity index is 3.16. The van der Waals surface area contributed by atoms with Crippen LogP contribution in [0.5, 0.6) is 0 Å². The minimum atomic E-state index is -3.79. The molecule has 0 unspecified atom stereocenters. The molecule has 19 heavy (non-hydrogen) atoms. The summed E-state index contributed by atoms with van der Waals surface area (Å²) in [7, 11) is -3.79. The van der Waals surface area contributed by atoms with Crippen LogP contribution in [0.25, 0.3) is 0 Å². The van der Waals surface area contributed by atoms with Gasteiger partial charge in [0.1, 0.15) is 0 Å². The molecule has 0 spiro atoms. The Morgan fingerprint density at radius 1 is 1.26 bits per heavy atom. The predicted molar refractivity (Wildman–Crippen MR) is 71.9 cm³/mol. The van der Waals surface area contributed by atoms with Gasteiger partial charge in [-0.3, -0.25) is 0 Å². The highest BCUT2D eigenvalue weighted by atomic mass is 32.2. The maximum absolute atomic E-state index is 12.2. The summed E-state index contributed by atoms with van der Waals surface area (Å²) in [5.74, 6) is 0. The molecule has 0 radical (unpaired) electrons. The number of nitriles is 1. The second-order valence-electron chi connectivity index (χ2n) is 5.43. The van der Waals surface area contributed by atoms with Gasteiger partial charge in [0, 0.05) is 0 Å². The normalized spacial score (nSPS) is 13.1. The second kappa shape index (κ2) is 4.93. The first-order chi connectivity index (χ1) is 8.49. The molecular weight excluding hydrogens is 264 g/mol. The third-order valence-electron chi connectivity index (χ3n) is 3.19. The molecule has 0 fully saturated rings. The molecule has 0 amide bonds. The smallest absolute Gasteiger partial charge is 0.241 e.